The molecule has 0 spiro atoms. The fourth-order valence-corrected chi connectivity index (χ4v) is 3.76. The average Bonchev–Trinajstić information content (AvgIpc) is 3.19. The Hall–Kier alpha value is -4.13. The van der Waals surface area contributed by atoms with E-state index in [1.165, 1.54) is 0 Å². The topological polar surface area (TPSA) is 81.9 Å². The molecule has 4 rings (SSSR count). The van der Waals surface area contributed by atoms with Gasteiger partial charge in [-0.1, -0.05) is 41.6 Å². The van der Waals surface area contributed by atoms with Crippen LogP contribution in [0.15, 0.2) is 71.3 Å². The number of ether oxygens (including phenoxy) is 2. The van der Waals surface area contributed by atoms with E-state index in [2.05, 4.69) is 5.16 Å². The molecule has 174 valence electrons. The Morgan fingerprint density at radius 1 is 0.971 bits per heavy atom. The number of likely N-dealkylation sites (N-methyl/N-ethyl adjacent to an activating group) is 1. The summed E-state index contributed by atoms with van der Waals surface area (Å²) in [6.07, 6.45) is 0. The summed E-state index contributed by atoms with van der Waals surface area (Å²) < 4.78 is 16.2. The van der Waals surface area contributed by atoms with Gasteiger partial charge in [-0.3, -0.25) is 4.79 Å². The highest BCUT2D eigenvalue weighted by Crippen LogP contribution is 2.27. The van der Waals surface area contributed by atoms with E-state index in [0.29, 0.717) is 30.2 Å². The molecule has 0 unspecified atom stereocenters. The Bertz CT molecular complexity index is 1290. The maximum absolute atomic E-state index is 12.9. The fraction of sp³-hybridized carbons (Fsp3) is 0.222. The van der Waals surface area contributed by atoms with Crippen LogP contribution in [0, 0.1) is 13.8 Å². The molecule has 4 aromatic rings. The smallest absolute Gasteiger partial charge is 0.338 e. The minimum absolute atomic E-state index is 0.286. The first-order chi connectivity index (χ1) is 16.5. The molecular formula is C27H26N2O5. The molecule has 0 bridgehead atoms. The lowest BCUT2D eigenvalue weighted by atomic mass is 10.1. The van der Waals surface area contributed by atoms with Crippen LogP contribution in [0.5, 0.6) is 5.75 Å². The van der Waals surface area contributed by atoms with Gasteiger partial charge in [0.25, 0.3) is 5.91 Å². The van der Waals surface area contributed by atoms with Gasteiger partial charge in [-0.2, -0.15) is 0 Å². The van der Waals surface area contributed by atoms with Crippen molar-refractivity contribution in [1.82, 2.24) is 5.16 Å². The maximum atomic E-state index is 12.9. The van der Waals surface area contributed by atoms with Crippen molar-refractivity contribution in [3.05, 3.63) is 89.3 Å². The standard InChI is InChI=1S/C27H26N2O5/c1-4-29(25-11-7-9-20-8-5-6-10-23(20)25)26(30)17-33-27(31)21-12-14-22(15-13-21)32-16-24-18(2)28-34-19(24)3/h5-15H,4,16-17H2,1-3H3. The van der Waals surface area contributed by atoms with Gasteiger partial charge in [0.2, 0.25) is 0 Å². The van der Waals surface area contributed by atoms with Crippen molar-refractivity contribution in [2.75, 3.05) is 18.1 Å². The highest BCUT2D eigenvalue weighted by Gasteiger charge is 2.19. The Morgan fingerprint density at radius 2 is 1.71 bits per heavy atom. The summed E-state index contributed by atoms with van der Waals surface area (Å²) in [5.41, 5.74) is 2.81. The fourth-order valence-electron chi connectivity index (χ4n) is 3.76. The first-order valence-electron chi connectivity index (χ1n) is 11.1. The van der Waals surface area contributed by atoms with Crippen LogP contribution in [0.1, 0.15) is 34.3 Å². The third kappa shape index (κ3) is 4.93. The molecule has 1 heterocycles. The van der Waals surface area contributed by atoms with E-state index in [0.717, 1.165) is 27.7 Å². The predicted octanol–water partition coefficient (Wildman–Crippen LogP) is 5.23. The summed E-state index contributed by atoms with van der Waals surface area (Å²) in [4.78, 5) is 27.0. The monoisotopic (exact) mass is 458 g/mol. The number of hydrogen-bond acceptors (Lipinski definition) is 6. The zero-order valence-electron chi connectivity index (χ0n) is 19.4. The number of nitrogens with zero attached hydrogens (tertiary/aromatic N) is 2. The molecule has 0 aliphatic heterocycles. The molecule has 0 N–H and O–H groups in total. The summed E-state index contributed by atoms with van der Waals surface area (Å²) in [6, 6.07) is 20.3. The zero-order valence-corrected chi connectivity index (χ0v) is 19.4. The van der Waals surface area contributed by atoms with Crippen LogP contribution in [0.4, 0.5) is 5.69 Å². The van der Waals surface area contributed by atoms with Crippen LogP contribution >= 0.6 is 0 Å². The van der Waals surface area contributed by atoms with Gasteiger partial charge in [0, 0.05) is 11.9 Å². The number of aryl methyl sites for hydroxylation is 2. The van der Waals surface area contributed by atoms with Crippen molar-refractivity contribution in [2.24, 2.45) is 0 Å². The molecular weight excluding hydrogens is 432 g/mol. The summed E-state index contributed by atoms with van der Waals surface area (Å²) in [5.74, 6) is 0.457. The summed E-state index contributed by atoms with van der Waals surface area (Å²) in [7, 11) is 0. The molecule has 7 nitrogen and oxygen atoms in total. The van der Waals surface area contributed by atoms with Crippen LogP contribution in [0.25, 0.3) is 10.8 Å². The predicted molar refractivity (Wildman–Crippen MR) is 129 cm³/mol. The molecule has 0 saturated carbocycles. The number of rotatable bonds is 8. The molecule has 0 aliphatic carbocycles. The van der Waals surface area contributed by atoms with E-state index in [1.54, 1.807) is 29.2 Å². The minimum Gasteiger partial charge on any atom is -0.489 e. The van der Waals surface area contributed by atoms with E-state index >= 15 is 0 Å². The van der Waals surface area contributed by atoms with Gasteiger partial charge in [-0.15, -0.1) is 0 Å². The number of hydrogen-bond donors (Lipinski definition) is 0. The van der Waals surface area contributed by atoms with Gasteiger partial charge < -0.3 is 18.9 Å². The number of esters is 1. The summed E-state index contributed by atoms with van der Waals surface area (Å²) in [5, 5.41) is 5.92. The lowest BCUT2D eigenvalue weighted by molar-refractivity contribution is -0.121. The van der Waals surface area contributed by atoms with Crippen molar-refractivity contribution in [3.63, 3.8) is 0 Å². The number of amides is 1. The van der Waals surface area contributed by atoms with Crippen molar-refractivity contribution >= 4 is 28.3 Å². The number of carbonyl (C=O) groups excluding carboxylic acids is 2. The lowest BCUT2D eigenvalue weighted by Gasteiger charge is -2.22. The molecule has 7 heteroatoms. The van der Waals surface area contributed by atoms with Gasteiger partial charge in [-0.25, -0.2) is 4.79 Å². The Kier molecular flexibility index (Phi) is 6.92. The number of anilines is 1. The molecule has 0 atom stereocenters. The van der Waals surface area contributed by atoms with E-state index in [-0.39, 0.29) is 12.5 Å². The first kappa shape index (κ1) is 23.0. The quantitative estimate of drug-likeness (QED) is 0.336. The van der Waals surface area contributed by atoms with Crippen LogP contribution < -0.4 is 9.64 Å². The second kappa shape index (κ2) is 10.2. The average molecular weight is 459 g/mol. The Labute approximate surface area is 197 Å². The normalized spacial score (nSPS) is 10.8. The maximum Gasteiger partial charge on any atom is 0.338 e. The van der Waals surface area contributed by atoms with Gasteiger partial charge in [0.1, 0.15) is 18.1 Å². The molecule has 3 aromatic carbocycles. The highest BCUT2D eigenvalue weighted by atomic mass is 16.5. The SMILES string of the molecule is CCN(C(=O)COC(=O)c1ccc(OCc2c(C)noc2C)cc1)c1cccc2ccccc12. The van der Waals surface area contributed by atoms with Gasteiger partial charge in [0.15, 0.2) is 6.61 Å². The second-order valence-electron chi connectivity index (χ2n) is 7.83. The number of fused-ring (bicyclic) bond motifs is 1. The second-order valence-corrected chi connectivity index (χ2v) is 7.83. The Morgan fingerprint density at radius 3 is 2.41 bits per heavy atom. The van der Waals surface area contributed by atoms with Crippen LogP contribution in [0.3, 0.4) is 0 Å². The van der Waals surface area contributed by atoms with E-state index in [9.17, 15) is 9.59 Å². The first-order valence-corrected chi connectivity index (χ1v) is 11.1. The van der Waals surface area contributed by atoms with Crippen molar-refractivity contribution < 1.29 is 23.6 Å². The molecule has 0 fully saturated rings. The van der Waals surface area contributed by atoms with Gasteiger partial charge >= 0.3 is 5.97 Å². The third-order valence-corrected chi connectivity index (χ3v) is 5.66. The molecule has 0 radical (unpaired) electrons. The molecule has 34 heavy (non-hydrogen) atoms. The van der Waals surface area contributed by atoms with E-state index < -0.39 is 5.97 Å². The highest BCUT2D eigenvalue weighted by molar-refractivity contribution is 6.04. The van der Waals surface area contributed by atoms with Crippen LogP contribution in [-0.4, -0.2) is 30.2 Å². The van der Waals surface area contributed by atoms with Crippen molar-refractivity contribution in [3.8, 4) is 5.75 Å². The molecule has 1 aromatic heterocycles. The Balaban J connectivity index is 1.36. The number of benzene rings is 3. The zero-order chi connectivity index (χ0) is 24.1. The lowest BCUT2D eigenvalue weighted by Crippen LogP contribution is -2.34. The van der Waals surface area contributed by atoms with Crippen LogP contribution in [-0.2, 0) is 16.1 Å². The molecule has 0 saturated heterocycles. The summed E-state index contributed by atoms with van der Waals surface area (Å²) in [6.45, 7) is 6.01. The van der Waals surface area contributed by atoms with Crippen LogP contribution in [0.2, 0.25) is 0 Å². The summed E-state index contributed by atoms with van der Waals surface area (Å²) >= 11 is 0. The van der Waals surface area contributed by atoms with Gasteiger partial charge in [0.05, 0.1) is 22.5 Å². The van der Waals surface area contributed by atoms with Crippen molar-refractivity contribution in [2.45, 2.75) is 27.4 Å². The van der Waals surface area contributed by atoms with Gasteiger partial charge in [-0.05, 0) is 56.5 Å². The number of carbonyl (C=O) groups is 2. The largest absolute Gasteiger partial charge is 0.489 e. The third-order valence-electron chi connectivity index (χ3n) is 5.66. The van der Waals surface area contributed by atoms with Crippen molar-refractivity contribution in [1.29, 1.82) is 0 Å². The van der Waals surface area contributed by atoms with E-state index in [4.69, 9.17) is 14.0 Å². The molecule has 0 aliphatic rings. The van der Waals surface area contributed by atoms with E-state index in [1.807, 2.05) is 63.2 Å². The molecule has 1 amide bonds. The minimum atomic E-state index is -0.570. The number of aromatic nitrogens is 1.